The Kier molecular flexibility index (Phi) is 5.51. The molecule has 28 heavy (non-hydrogen) atoms. The lowest BCUT2D eigenvalue weighted by Crippen LogP contribution is -2.43. The van der Waals surface area contributed by atoms with Crippen LogP contribution in [0, 0.1) is 13.8 Å². The van der Waals surface area contributed by atoms with Crippen LogP contribution in [0.4, 0.5) is 0 Å². The molecule has 0 saturated carbocycles. The minimum atomic E-state index is -1.59. The molecule has 3 rings (SSSR count). The molecule has 8 heteroatoms. The van der Waals surface area contributed by atoms with E-state index < -0.39 is 37.1 Å². The van der Waals surface area contributed by atoms with Gasteiger partial charge in [0, 0.05) is 6.54 Å². The zero-order chi connectivity index (χ0) is 20.8. The van der Waals surface area contributed by atoms with Gasteiger partial charge in [0.1, 0.15) is 24.9 Å². The molecule has 0 saturated heterocycles. The summed E-state index contributed by atoms with van der Waals surface area (Å²) in [6.45, 7) is 7.79. The molecule has 0 spiro atoms. The van der Waals surface area contributed by atoms with Crippen LogP contribution in [-0.2, 0) is 12.0 Å². The molecule has 4 N–H and O–H groups in total. The lowest BCUT2D eigenvalue weighted by Gasteiger charge is -2.35. The Morgan fingerprint density at radius 3 is 2.57 bits per heavy atom. The molecule has 1 aromatic heterocycles. The van der Waals surface area contributed by atoms with Crippen LogP contribution in [0.1, 0.15) is 37.0 Å². The highest BCUT2D eigenvalue weighted by molar-refractivity contribution is 5.83. The predicted octanol–water partition coefficient (Wildman–Crippen LogP) is 0.148. The summed E-state index contributed by atoms with van der Waals surface area (Å²) in [5.74, 6) is -0.161. The molecule has 3 unspecified atom stereocenters. The first-order chi connectivity index (χ1) is 13.1. The van der Waals surface area contributed by atoms with E-state index in [2.05, 4.69) is 25.8 Å². The first kappa shape index (κ1) is 20.7. The quantitative estimate of drug-likeness (QED) is 0.551. The number of hydrogen-bond acceptors (Lipinski definition) is 7. The van der Waals surface area contributed by atoms with Gasteiger partial charge in [0.15, 0.2) is 0 Å². The Bertz CT molecular complexity index is 952. The van der Waals surface area contributed by atoms with E-state index >= 15 is 0 Å². The van der Waals surface area contributed by atoms with E-state index in [-0.39, 0.29) is 11.3 Å². The zero-order valence-corrected chi connectivity index (χ0v) is 16.6. The summed E-state index contributed by atoms with van der Waals surface area (Å²) in [6, 6.07) is 1.92. The average Bonchev–Trinajstić information content (AvgIpc) is 2.65. The van der Waals surface area contributed by atoms with Gasteiger partial charge in [-0.25, -0.2) is 4.98 Å². The maximum atomic E-state index is 12.9. The number of ether oxygens (including phenoxy) is 1. The van der Waals surface area contributed by atoms with E-state index in [9.17, 15) is 20.1 Å². The number of aryl methyl sites for hydroxylation is 2. The fourth-order valence-corrected chi connectivity index (χ4v) is 3.90. The molecule has 1 aromatic carbocycles. The lowest BCUT2D eigenvalue weighted by atomic mass is 9.75. The smallest absolute Gasteiger partial charge is 0.313 e. The highest BCUT2D eigenvalue weighted by atomic mass is 16.5. The molecule has 8 nitrogen and oxygen atoms in total. The van der Waals surface area contributed by atoms with Crippen molar-refractivity contribution in [2.75, 3.05) is 13.2 Å². The van der Waals surface area contributed by atoms with Gasteiger partial charge in [-0.1, -0.05) is 13.8 Å². The van der Waals surface area contributed by atoms with Gasteiger partial charge in [-0.05, 0) is 48.4 Å². The molecular formula is C20H28N2O6. The van der Waals surface area contributed by atoms with Crippen LogP contribution in [0.2, 0.25) is 0 Å². The number of aliphatic hydroxyl groups is 4. The normalized spacial score (nSPS) is 18.7. The Morgan fingerprint density at radius 2 is 1.93 bits per heavy atom. The van der Waals surface area contributed by atoms with E-state index in [1.165, 1.54) is 0 Å². The first-order valence-electron chi connectivity index (χ1n) is 9.41. The van der Waals surface area contributed by atoms with Gasteiger partial charge >= 0.3 is 5.56 Å². The maximum absolute atomic E-state index is 12.9. The molecule has 1 aliphatic heterocycles. The molecule has 0 radical (unpaired) electrons. The molecule has 0 aliphatic carbocycles. The summed E-state index contributed by atoms with van der Waals surface area (Å²) < 4.78 is 7.07. The van der Waals surface area contributed by atoms with Crippen LogP contribution in [0.25, 0.3) is 11.0 Å². The van der Waals surface area contributed by atoms with Crippen LogP contribution in [0.5, 0.6) is 5.88 Å². The molecule has 2 heterocycles. The number of aromatic nitrogens is 2. The van der Waals surface area contributed by atoms with Gasteiger partial charge in [0.2, 0.25) is 0 Å². The second-order valence-electron chi connectivity index (χ2n) is 8.19. The number of nitrogens with zero attached hydrogens (tertiary/aromatic N) is 2. The summed E-state index contributed by atoms with van der Waals surface area (Å²) in [4.78, 5) is 17.3. The van der Waals surface area contributed by atoms with Crippen LogP contribution < -0.4 is 10.3 Å². The number of aliphatic hydroxyl groups excluding tert-OH is 4. The second kappa shape index (κ2) is 7.44. The second-order valence-corrected chi connectivity index (χ2v) is 8.19. The highest BCUT2D eigenvalue weighted by Gasteiger charge is 2.33. The topological polar surface area (TPSA) is 125 Å². The molecule has 154 valence electrons. The van der Waals surface area contributed by atoms with Crippen molar-refractivity contribution in [3.8, 4) is 5.88 Å². The molecular weight excluding hydrogens is 364 g/mol. The fourth-order valence-electron chi connectivity index (χ4n) is 3.90. The number of benzene rings is 1. The van der Waals surface area contributed by atoms with E-state index in [0.717, 1.165) is 28.6 Å². The van der Waals surface area contributed by atoms with Crippen molar-refractivity contribution >= 4 is 11.0 Å². The van der Waals surface area contributed by atoms with Gasteiger partial charge in [-0.15, -0.1) is 0 Å². The third-order valence-corrected chi connectivity index (χ3v) is 5.72. The minimum absolute atomic E-state index is 0.0778. The van der Waals surface area contributed by atoms with Crippen LogP contribution in [0.15, 0.2) is 10.9 Å². The van der Waals surface area contributed by atoms with Crippen molar-refractivity contribution in [3.63, 3.8) is 0 Å². The molecule has 0 fully saturated rings. The van der Waals surface area contributed by atoms with Crippen molar-refractivity contribution in [2.45, 2.75) is 64.4 Å². The number of hydrogen-bond donors (Lipinski definition) is 4. The van der Waals surface area contributed by atoms with E-state index in [1.807, 2.05) is 13.0 Å². The van der Waals surface area contributed by atoms with E-state index in [0.29, 0.717) is 12.1 Å². The fraction of sp³-hybridized carbons (Fsp3) is 0.600. The van der Waals surface area contributed by atoms with E-state index in [4.69, 9.17) is 9.84 Å². The summed E-state index contributed by atoms with van der Waals surface area (Å²) in [6.07, 6.45) is -3.77. The first-order valence-corrected chi connectivity index (χ1v) is 9.41. The minimum Gasteiger partial charge on any atom is -0.471 e. The van der Waals surface area contributed by atoms with Crippen LogP contribution in [0.3, 0.4) is 0 Å². The molecule has 3 atom stereocenters. The summed E-state index contributed by atoms with van der Waals surface area (Å²) in [5, 5.41) is 37.9. The Balaban J connectivity index is 2.03. The summed E-state index contributed by atoms with van der Waals surface area (Å²) in [7, 11) is 0. The molecule has 1 aliphatic rings. The van der Waals surface area contributed by atoms with Crippen molar-refractivity contribution in [1.82, 2.24) is 9.55 Å². The summed E-state index contributed by atoms with van der Waals surface area (Å²) in [5.41, 5.74) is 4.33. The van der Waals surface area contributed by atoms with Gasteiger partial charge < -0.3 is 29.7 Å². The monoisotopic (exact) mass is 392 g/mol. The SMILES string of the molecule is Cc1cc2nc(OCC(O)C(O)C(O)CO)c(=O)n3c2c(c1C)C(C)(C)CC3. The Morgan fingerprint density at radius 1 is 1.25 bits per heavy atom. The van der Waals surface area contributed by atoms with Crippen molar-refractivity contribution in [2.24, 2.45) is 0 Å². The predicted molar refractivity (Wildman–Crippen MR) is 104 cm³/mol. The van der Waals surface area contributed by atoms with Crippen molar-refractivity contribution in [3.05, 3.63) is 33.1 Å². The van der Waals surface area contributed by atoms with Gasteiger partial charge in [0.25, 0.3) is 5.88 Å². The average molecular weight is 392 g/mol. The van der Waals surface area contributed by atoms with E-state index in [1.54, 1.807) is 4.57 Å². The van der Waals surface area contributed by atoms with Crippen molar-refractivity contribution in [1.29, 1.82) is 0 Å². The summed E-state index contributed by atoms with van der Waals surface area (Å²) >= 11 is 0. The number of rotatable bonds is 6. The van der Waals surface area contributed by atoms with Gasteiger partial charge in [-0.2, -0.15) is 0 Å². The molecule has 0 amide bonds. The standard InChI is InChI=1S/C20H28N2O6/c1-10-7-12-16-15(11(10)2)20(3,4)5-6-22(16)19(27)18(21-12)28-9-14(25)17(26)13(24)8-23/h7,13-14,17,23-26H,5-6,8-9H2,1-4H3. The van der Waals surface area contributed by atoms with Crippen LogP contribution in [-0.4, -0.2) is 61.5 Å². The molecule has 2 aromatic rings. The molecule has 0 bridgehead atoms. The third kappa shape index (κ3) is 3.41. The zero-order valence-electron chi connectivity index (χ0n) is 16.6. The lowest BCUT2D eigenvalue weighted by molar-refractivity contribution is -0.0875. The highest BCUT2D eigenvalue weighted by Crippen LogP contribution is 2.40. The van der Waals surface area contributed by atoms with Crippen molar-refractivity contribution < 1.29 is 25.2 Å². The Labute approximate surface area is 163 Å². The third-order valence-electron chi connectivity index (χ3n) is 5.72. The van der Waals surface area contributed by atoms with Gasteiger partial charge in [-0.3, -0.25) is 4.79 Å². The maximum Gasteiger partial charge on any atom is 0.313 e. The Hall–Kier alpha value is -2.00. The largest absolute Gasteiger partial charge is 0.471 e. The van der Waals surface area contributed by atoms with Crippen LogP contribution >= 0.6 is 0 Å². The van der Waals surface area contributed by atoms with Gasteiger partial charge in [0.05, 0.1) is 17.6 Å².